The zero-order valence-corrected chi connectivity index (χ0v) is 18.7. The minimum atomic E-state index is -0.357. The topological polar surface area (TPSA) is 94.2 Å². The van der Waals surface area contributed by atoms with Crippen LogP contribution in [-0.4, -0.2) is 46.5 Å². The van der Waals surface area contributed by atoms with E-state index in [-0.39, 0.29) is 24.7 Å². The normalized spacial score (nSPS) is 10.8. The van der Waals surface area contributed by atoms with Gasteiger partial charge in [0.2, 0.25) is 5.91 Å². The summed E-state index contributed by atoms with van der Waals surface area (Å²) in [6, 6.07) is 12.7. The summed E-state index contributed by atoms with van der Waals surface area (Å²) in [5.74, 6) is 0.506. The third kappa shape index (κ3) is 6.34. The molecular weight excluding hydrogens is 412 g/mol. The van der Waals surface area contributed by atoms with Crippen molar-refractivity contribution >= 4 is 35.2 Å². The molecule has 0 saturated heterocycles. The van der Waals surface area contributed by atoms with Crippen molar-refractivity contribution in [3.05, 3.63) is 54.1 Å². The monoisotopic (exact) mass is 440 g/mol. The highest BCUT2D eigenvalue weighted by Gasteiger charge is 2.16. The first-order chi connectivity index (χ1) is 15.4. The van der Waals surface area contributed by atoms with E-state index in [1.165, 1.54) is 20.3 Å². The van der Waals surface area contributed by atoms with E-state index in [2.05, 4.69) is 10.1 Å². The first-order valence-corrected chi connectivity index (χ1v) is 10.0. The van der Waals surface area contributed by atoms with Crippen molar-refractivity contribution in [1.82, 2.24) is 0 Å². The minimum absolute atomic E-state index is 0.163. The zero-order chi connectivity index (χ0) is 23.5. The molecule has 0 fully saturated rings. The maximum absolute atomic E-state index is 12.4. The summed E-state index contributed by atoms with van der Waals surface area (Å²) in [5.41, 5.74) is 2.56. The molecule has 1 amide bonds. The summed E-state index contributed by atoms with van der Waals surface area (Å²) in [4.78, 5) is 36.8. The van der Waals surface area contributed by atoms with E-state index >= 15 is 0 Å². The van der Waals surface area contributed by atoms with E-state index in [1.807, 2.05) is 42.3 Å². The lowest BCUT2D eigenvalue weighted by Crippen LogP contribution is -2.17. The van der Waals surface area contributed by atoms with Gasteiger partial charge in [-0.15, -0.1) is 0 Å². The number of carbonyl (C=O) groups excluding carboxylic acids is 3. The Bertz CT molecular complexity index is 986. The number of rotatable bonds is 11. The third-order valence-corrected chi connectivity index (χ3v) is 4.83. The lowest BCUT2D eigenvalue weighted by atomic mass is 10.1. The number of benzene rings is 2. The molecule has 0 aliphatic carbocycles. The summed E-state index contributed by atoms with van der Waals surface area (Å²) in [5, 5.41) is 2.83. The SMILES string of the molecule is COC(=O)CCCC(=O)Nc1cc(N(C)/C(=C/C=O)c2ccccc2OC)ccc1OC. The molecule has 8 nitrogen and oxygen atoms in total. The molecule has 0 atom stereocenters. The third-order valence-electron chi connectivity index (χ3n) is 4.83. The standard InChI is InChI=1S/C24H28N2O6/c1-26(20(14-15-27)18-8-5-6-9-21(18)30-2)17-12-13-22(31-3)19(16-17)25-23(28)10-7-11-24(29)32-4/h5-6,8-9,12-16H,7,10-11H2,1-4H3,(H,25,28)/b20-14+. The zero-order valence-electron chi connectivity index (χ0n) is 18.7. The van der Waals surface area contributed by atoms with E-state index in [1.54, 1.807) is 19.2 Å². The molecular formula is C24H28N2O6. The molecule has 2 aromatic rings. The number of aldehydes is 1. The molecule has 0 radical (unpaired) electrons. The van der Waals surface area contributed by atoms with E-state index in [0.29, 0.717) is 35.6 Å². The van der Waals surface area contributed by atoms with Crippen molar-refractivity contribution in [3.63, 3.8) is 0 Å². The molecule has 0 saturated carbocycles. The van der Waals surface area contributed by atoms with Crippen molar-refractivity contribution in [2.75, 3.05) is 38.6 Å². The van der Waals surface area contributed by atoms with Gasteiger partial charge in [-0.25, -0.2) is 0 Å². The van der Waals surface area contributed by atoms with Crippen LogP contribution in [0.3, 0.4) is 0 Å². The Morgan fingerprint density at radius 2 is 1.72 bits per heavy atom. The number of allylic oxidation sites excluding steroid dienone is 1. The van der Waals surface area contributed by atoms with Crippen molar-refractivity contribution < 1.29 is 28.6 Å². The van der Waals surface area contributed by atoms with E-state index in [0.717, 1.165) is 11.3 Å². The molecule has 0 aromatic heterocycles. The number of nitrogens with zero attached hydrogens (tertiary/aromatic N) is 1. The number of anilines is 2. The smallest absolute Gasteiger partial charge is 0.305 e. The highest BCUT2D eigenvalue weighted by atomic mass is 16.5. The van der Waals surface area contributed by atoms with Gasteiger partial charge in [-0.1, -0.05) is 12.1 Å². The van der Waals surface area contributed by atoms with Gasteiger partial charge in [-0.3, -0.25) is 14.4 Å². The largest absolute Gasteiger partial charge is 0.496 e. The van der Waals surface area contributed by atoms with Gasteiger partial charge in [0.05, 0.1) is 32.7 Å². The van der Waals surface area contributed by atoms with Crippen LogP contribution in [0.2, 0.25) is 0 Å². The number of nitrogens with one attached hydrogen (secondary N) is 1. The maximum atomic E-state index is 12.4. The average Bonchev–Trinajstić information content (AvgIpc) is 2.81. The second-order valence-corrected chi connectivity index (χ2v) is 6.81. The number of methoxy groups -OCH3 is 3. The Labute approximate surface area is 187 Å². The first kappa shape index (κ1) is 24.5. The van der Waals surface area contributed by atoms with Crippen LogP contribution in [0.4, 0.5) is 11.4 Å². The second kappa shape index (κ2) is 12.1. The second-order valence-electron chi connectivity index (χ2n) is 6.81. The summed E-state index contributed by atoms with van der Waals surface area (Å²) in [7, 11) is 6.20. The van der Waals surface area contributed by atoms with Crippen LogP contribution in [0.25, 0.3) is 5.70 Å². The Hall–Kier alpha value is -3.81. The number of esters is 1. The van der Waals surface area contributed by atoms with Gasteiger partial charge < -0.3 is 24.4 Å². The van der Waals surface area contributed by atoms with E-state index < -0.39 is 0 Å². The molecule has 0 aliphatic heterocycles. The molecule has 0 heterocycles. The van der Waals surface area contributed by atoms with Crippen molar-refractivity contribution in [3.8, 4) is 11.5 Å². The predicted octanol–water partition coefficient (Wildman–Crippen LogP) is 3.66. The lowest BCUT2D eigenvalue weighted by molar-refractivity contribution is -0.140. The summed E-state index contributed by atoms with van der Waals surface area (Å²) < 4.78 is 15.4. The minimum Gasteiger partial charge on any atom is -0.496 e. The van der Waals surface area contributed by atoms with Crippen LogP contribution in [0, 0.1) is 0 Å². The Morgan fingerprint density at radius 3 is 2.38 bits per heavy atom. The number of hydrogen-bond donors (Lipinski definition) is 1. The number of hydrogen-bond acceptors (Lipinski definition) is 7. The lowest BCUT2D eigenvalue weighted by Gasteiger charge is -2.25. The molecule has 2 aromatic carbocycles. The molecule has 0 bridgehead atoms. The molecule has 0 spiro atoms. The van der Waals surface area contributed by atoms with Crippen LogP contribution in [0.5, 0.6) is 11.5 Å². The van der Waals surface area contributed by atoms with Crippen LogP contribution < -0.4 is 19.7 Å². The van der Waals surface area contributed by atoms with Gasteiger partial charge in [-0.05, 0) is 36.8 Å². The average molecular weight is 440 g/mol. The van der Waals surface area contributed by atoms with Gasteiger partial charge in [0.25, 0.3) is 0 Å². The maximum Gasteiger partial charge on any atom is 0.305 e. The van der Waals surface area contributed by atoms with Crippen LogP contribution in [0.1, 0.15) is 24.8 Å². The van der Waals surface area contributed by atoms with Gasteiger partial charge in [0.15, 0.2) is 0 Å². The molecule has 170 valence electrons. The fourth-order valence-corrected chi connectivity index (χ4v) is 3.15. The van der Waals surface area contributed by atoms with Gasteiger partial charge in [0, 0.05) is 37.2 Å². The Kier molecular flexibility index (Phi) is 9.28. The molecule has 2 rings (SSSR count). The molecule has 32 heavy (non-hydrogen) atoms. The van der Waals surface area contributed by atoms with Crippen molar-refractivity contribution in [2.45, 2.75) is 19.3 Å². The van der Waals surface area contributed by atoms with Crippen LogP contribution >= 0.6 is 0 Å². The predicted molar refractivity (Wildman–Crippen MR) is 123 cm³/mol. The van der Waals surface area contributed by atoms with Gasteiger partial charge in [-0.2, -0.15) is 0 Å². The van der Waals surface area contributed by atoms with Crippen LogP contribution in [-0.2, 0) is 19.1 Å². The van der Waals surface area contributed by atoms with Gasteiger partial charge >= 0.3 is 5.97 Å². The van der Waals surface area contributed by atoms with E-state index in [4.69, 9.17) is 9.47 Å². The number of carbonyl (C=O) groups is 3. The van der Waals surface area contributed by atoms with Crippen molar-refractivity contribution in [1.29, 1.82) is 0 Å². The number of ether oxygens (including phenoxy) is 3. The summed E-state index contributed by atoms with van der Waals surface area (Å²) >= 11 is 0. The van der Waals surface area contributed by atoms with Crippen molar-refractivity contribution in [2.24, 2.45) is 0 Å². The quantitative estimate of drug-likeness (QED) is 0.324. The molecule has 8 heteroatoms. The molecule has 0 aliphatic rings. The highest BCUT2D eigenvalue weighted by Crippen LogP contribution is 2.35. The summed E-state index contributed by atoms with van der Waals surface area (Å²) in [6.45, 7) is 0. The first-order valence-electron chi connectivity index (χ1n) is 10.0. The Balaban J connectivity index is 2.29. The molecule has 0 unspecified atom stereocenters. The number of amides is 1. The highest BCUT2D eigenvalue weighted by molar-refractivity contribution is 5.95. The number of para-hydroxylation sites is 1. The molecule has 1 N–H and O–H groups in total. The fourth-order valence-electron chi connectivity index (χ4n) is 3.15. The van der Waals surface area contributed by atoms with E-state index in [9.17, 15) is 14.4 Å². The Morgan fingerprint density at radius 1 is 1.00 bits per heavy atom. The van der Waals surface area contributed by atoms with Gasteiger partial charge in [0.1, 0.15) is 17.8 Å². The van der Waals surface area contributed by atoms with Crippen LogP contribution in [0.15, 0.2) is 48.5 Å². The summed E-state index contributed by atoms with van der Waals surface area (Å²) in [6.07, 6.45) is 2.87. The fraction of sp³-hybridized carbons (Fsp3) is 0.292.